The zero-order valence-corrected chi connectivity index (χ0v) is 13.9. The van der Waals surface area contributed by atoms with Gasteiger partial charge in [0.1, 0.15) is 0 Å². The highest BCUT2D eigenvalue weighted by Crippen LogP contribution is 2.35. The van der Waals surface area contributed by atoms with E-state index >= 15 is 0 Å². The van der Waals surface area contributed by atoms with E-state index in [1.54, 1.807) is 6.07 Å². The SMILES string of the molecule is O=C(O)c1cn(C2CCN(c3ccnc4cc(C(F)(F)F)ccc34)C2)nn1. The number of anilines is 1. The molecule has 1 aliphatic heterocycles. The molecule has 2 aromatic heterocycles. The predicted octanol–water partition coefficient (Wildman–Crippen LogP) is 2.99. The van der Waals surface area contributed by atoms with Crippen LogP contribution in [0.4, 0.5) is 18.9 Å². The molecule has 0 aliphatic carbocycles. The quantitative estimate of drug-likeness (QED) is 0.755. The number of halogens is 3. The lowest BCUT2D eigenvalue weighted by atomic mass is 10.1. The molecule has 27 heavy (non-hydrogen) atoms. The van der Waals surface area contributed by atoms with Gasteiger partial charge in [-0.05, 0) is 24.6 Å². The number of hydrogen-bond donors (Lipinski definition) is 1. The number of carboxylic acid groups (broad SMARTS) is 1. The van der Waals surface area contributed by atoms with Crippen molar-refractivity contribution in [2.75, 3.05) is 18.0 Å². The molecule has 1 saturated heterocycles. The number of nitrogens with zero attached hydrogens (tertiary/aromatic N) is 5. The van der Waals surface area contributed by atoms with Crippen LogP contribution in [0.1, 0.15) is 28.5 Å². The van der Waals surface area contributed by atoms with E-state index in [-0.39, 0.29) is 17.3 Å². The second-order valence-corrected chi connectivity index (χ2v) is 6.34. The van der Waals surface area contributed by atoms with Crippen molar-refractivity contribution in [3.63, 3.8) is 0 Å². The number of benzene rings is 1. The first-order valence-corrected chi connectivity index (χ1v) is 8.19. The molecular weight excluding hydrogens is 363 g/mol. The van der Waals surface area contributed by atoms with Crippen molar-refractivity contribution < 1.29 is 23.1 Å². The van der Waals surface area contributed by atoms with Gasteiger partial charge in [-0.3, -0.25) is 4.98 Å². The van der Waals surface area contributed by atoms with Crippen molar-refractivity contribution in [2.45, 2.75) is 18.6 Å². The molecule has 1 aromatic carbocycles. The molecule has 1 fully saturated rings. The highest BCUT2D eigenvalue weighted by atomic mass is 19.4. The van der Waals surface area contributed by atoms with Crippen LogP contribution in [0.5, 0.6) is 0 Å². The first kappa shape index (κ1) is 17.3. The molecule has 0 amide bonds. The Kier molecular flexibility index (Phi) is 3.97. The van der Waals surface area contributed by atoms with Gasteiger partial charge in [0.15, 0.2) is 5.69 Å². The molecule has 1 atom stereocenters. The molecule has 3 aromatic rings. The molecular formula is C17H14F3N5O2. The summed E-state index contributed by atoms with van der Waals surface area (Å²) in [6.07, 6.45) is -0.827. The van der Waals surface area contributed by atoms with Crippen LogP contribution in [-0.4, -0.2) is 44.1 Å². The Balaban J connectivity index is 1.62. The molecule has 140 valence electrons. The van der Waals surface area contributed by atoms with E-state index in [9.17, 15) is 18.0 Å². The third-order valence-electron chi connectivity index (χ3n) is 4.65. The number of rotatable bonds is 3. The summed E-state index contributed by atoms with van der Waals surface area (Å²) in [7, 11) is 0. The summed E-state index contributed by atoms with van der Waals surface area (Å²) < 4.78 is 40.3. The summed E-state index contributed by atoms with van der Waals surface area (Å²) in [5, 5.41) is 17.1. The minimum Gasteiger partial charge on any atom is -0.476 e. The number of pyridine rings is 1. The second-order valence-electron chi connectivity index (χ2n) is 6.34. The van der Waals surface area contributed by atoms with Gasteiger partial charge in [0.05, 0.1) is 23.3 Å². The van der Waals surface area contributed by atoms with E-state index < -0.39 is 17.7 Å². The van der Waals surface area contributed by atoms with Crippen molar-refractivity contribution in [3.05, 3.63) is 47.9 Å². The fourth-order valence-corrected chi connectivity index (χ4v) is 3.31. The summed E-state index contributed by atoms with van der Waals surface area (Å²) in [5.74, 6) is -1.14. The molecule has 0 spiro atoms. The molecule has 0 saturated carbocycles. The minimum absolute atomic E-state index is 0.0664. The van der Waals surface area contributed by atoms with Crippen molar-refractivity contribution in [1.82, 2.24) is 20.0 Å². The van der Waals surface area contributed by atoms with E-state index in [4.69, 9.17) is 5.11 Å². The van der Waals surface area contributed by atoms with E-state index in [0.717, 1.165) is 17.8 Å². The monoisotopic (exact) mass is 377 g/mol. The van der Waals surface area contributed by atoms with Crippen LogP contribution >= 0.6 is 0 Å². The lowest BCUT2D eigenvalue weighted by Gasteiger charge is -2.20. The fourth-order valence-electron chi connectivity index (χ4n) is 3.31. The Morgan fingerprint density at radius 3 is 2.78 bits per heavy atom. The van der Waals surface area contributed by atoms with Crippen molar-refractivity contribution >= 4 is 22.6 Å². The Labute approximate surface area is 151 Å². The van der Waals surface area contributed by atoms with Gasteiger partial charge in [0.2, 0.25) is 0 Å². The zero-order chi connectivity index (χ0) is 19.2. The highest BCUT2D eigenvalue weighted by Gasteiger charge is 2.31. The fraction of sp³-hybridized carbons (Fsp3) is 0.294. The van der Waals surface area contributed by atoms with Crippen molar-refractivity contribution in [2.24, 2.45) is 0 Å². The molecule has 10 heteroatoms. The highest BCUT2D eigenvalue weighted by molar-refractivity contribution is 5.92. The first-order chi connectivity index (χ1) is 12.8. The second kappa shape index (κ2) is 6.22. The number of hydrogen-bond acceptors (Lipinski definition) is 5. The van der Waals surface area contributed by atoms with Crippen LogP contribution in [0.3, 0.4) is 0 Å². The molecule has 1 unspecified atom stereocenters. The molecule has 0 bridgehead atoms. The van der Waals surface area contributed by atoms with E-state index in [1.165, 1.54) is 23.1 Å². The maximum Gasteiger partial charge on any atom is 0.416 e. The number of fused-ring (bicyclic) bond motifs is 1. The summed E-state index contributed by atoms with van der Waals surface area (Å²) in [5.41, 5.74) is 0.208. The number of alkyl halides is 3. The van der Waals surface area contributed by atoms with Gasteiger partial charge in [-0.2, -0.15) is 13.2 Å². The third-order valence-corrected chi connectivity index (χ3v) is 4.65. The van der Waals surface area contributed by atoms with Crippen LogP contribution in [0.15, 0.2) is 36.7 Å². The topological polar surface area (TPSA) is 84.1 Å². The lowest BCUT2D eigenvalue weighted by molar-refractivity contribution is -0.137. The van der Waals surface area contributed by atoms with E-state index in [2.05, 4.69) is 15.3 Å². The van der Waals surface area contributed by atoms with Gasteiger partial charge in [-0.25, -0.2) is 9.48 Å². The van der Waals surface area contributed by atoms with Gasteiger partial charge < -0.3 is 10.0 Å². The molecule has 7 nitrogen and oxygen atoms in total. The molecule has 1 N–H and O–H groups in total. The molecule has 0 radical (unpaired) electrons. The summed E-state index contributed by atoms with van der Waals surface area (Å²) in [6, 6.07) is 5.23. The largest absolute Gasteiger partial charge is 0.476 e. The van der Waals surface area contributed by atoms with Crippen molar-refractivity contribution in [3.8, 4) is 0 Å². The lowest BCUT2D eigenvalue weighted by Crippen LogP contribution is -2.21. The van der Waals surface area contributed by atoms with E-state index in [0.29, 0.717) is 24.9 Å². The maximum atomic E-state index is 12.9. The van der Waals surface area contributed by atoms with Gasteiger partial charge in [-0.1, -0.05) is 11.3 Å². The van der Waals surface area contributed by atoms with Crippen molar-refractivity contribution in [1.29, 1.82) is 0 Å². The molecule has 4 rings (SSSR count). The molecule has 1 aliphatic rings. The van der Waals surface area contributed by atoms with Crippen LogP contribution < -0.4 is 4.90 Å². The standard InChI is InChI=1S/C17H14F3N5O2/c18-17(19,20)10-1-2-12-13(7-10)21-5-3-15(12)24-6-4-11(8-24)25-9-14(16(26)27)22-23-25/h1-3,5,7,9,11H,4,6,8H2,(H,26,27). The number of carbonyl (C=O) groups is 1. The molecule has 3 heterocycles. The maximum absolute atomic E-state index is 12.9. The Bertz CT molecular complexity index is 1020. The normalized spacial score (nSPS) is 17.6. The first-order valence-electron chi connectivity index (χ1n) is 8.19. The summed E-state index contributed by atoms with van der Waals surface area (Å²) in [4.78, 5) is 17.0. The average molecular weight is 377 g/mol. The van der Waals surface area contributed by atoms with Crippen LogP contribution in [0.2, 0.25) is 0 Å². The number of aromatic carboxylic acids is 1. The predicted molar refractivity (Wildman–Crippen MR) is 89.6 cm³/mol. The smallest absolute Gasteiger partial charge is 0.416 e. The Morgan fingerprint density at radius 2 is 2.07 bits per heavy atom. The Morgan fingerprint density at radius 1 is 1.26 bits per heavy atom. The number of carboxylic acids is 1. The minimum atomic E-state index is -4.42. The van der Waals surface area contributed by atoms with Crippen LogP contribution in [0, 0.1) is 0 Å². The van der Waals surface area contributed by atoms with E-state index in [1.807, 2.05) is 4.90 Å². The van der Waals surface area contributed by atoms with Gasteiger partial charge in [-0.15, -0.1) is 5.10 Å². The van der Waals surface area contributed by atoms with Crippen LogP contribution in [0.25, 0.3) is 10.9 Å². The van der Waals surface area contributed by atoms with Gasteiger partial charge in [0.25, 0.3) is 0 Å². The van der Waals surface area contributed by atoms with Gasteiger partial charge >= 0.3 is 12.1 Å². The zero-order valence-electron chi connectivity index (χ0n) is 13.9. The third kappa shape index (κ3) is 3.18. The summed E-state index contributed by atoms with van der Waals surface area (Å²) >= 11 is 0. The number of aromatic nitrogens is 4. The summed E-state index contributed by atoms with van der Waals surface area (Å²) in [6.45, 7) is 1.20. The average Bonchev–Trinajstić information content (AvgIpc) is 3.29. The van der Waals surface area contributed by atoms with Crippen LogP contribution in [-0.2, 0) is 6.18 Å². The Hall–Kier alpha value is -3.17. The van der Waals surface area contributed by atoms with Gasteiger partial charge in [0, 0.05) is 30.4 Å².